The lowest BCUT2D eigenvalue weighted by atomic mass is 9.86. The second kappa shape index (κ2) is 4.30. The average Bonchev–Trinajstić information content (AvgIpc) is 2.01. The summed E-state index contributed by atoms with van der Waals surface area (Å²) in [5.41, 5.74) is 5.44. The van der Waals surface area contributed by atoms with E-state index < -0.39 is 0 Å². The zero-order chi connectivity index (χ0) is 10.8. The largest absolute Gasteiger partial charge is 0.460 e. The van der Waals surface area contributed by atoms with Gasteiger partial charge in [0.05, 0.1) is 5.92 Å². The van der Waals surface area contributed by atoms with Crippen LogP contribution in [0.3, 0.4) is 0 Å². The molecule has 0 aliphatic heterocycles. The van der Waals surface area contributed by atoms with Crippen LogP contribution in [0, 0.1) is 5.92 Å². The Morgan fingerprint density at radius 1 is 1.36 bits per heavy atom. The summed E-state index contributed by atoms with van der Waals surface area (Å²) in [4.78, 5) is 11.7. The van der Waals surface area contributed by atoms with Gasteiger partial charge in [0.2, 0.25) is 0 Å². The van der Waals surface area contributed by atoms with E-state index in [0.717, 1.165) is 25.7 Å². The summed E-state index contributed by atoms with van der Waals surface area (Å²) in [7, 11) is 0. The molecule has 1 rings (SSSR count). The molecule has 14 heavy (non-hydrogen) atoms. The van der Waals surface area contributed by atoms with Crippen molar-refractivity contribution in [2.24, 2.45) is 11.7 Å². The van der Waals surface area contributed by atoms with Crippen LogP contribution in [0.1, 0.15) is 46.5 Å². The van der Waals surface area contributed by atoms with Gasteiger partial charge in [-0.1, -0.05) is 6.42 Å². The highest BCUT2D eigenvalue weighted by Crippen LogP contribution is 2.25. The highest BCUT2D eigenvalue weighted by molar-refractivity contribution is 5.73. The van der Waals surface area contributed by atoms with Gasteiger partial charge >= 0.3 is 5.97 Å². The Morgan fingerprint density at radius 3 is 2.50 bits per heavy atom. The molecule has 0 amide bonds. The molecule has 1 fully saturated rings. The minimum Gasteiger partial charge on any atom is -0.460 e. The average molecular weight is 199 g/mol. The van der Waals surface area contributed by atoms with Crippen molar-refractivity contribution in [1.82, 2.24) is 0 Å². The minimum atomic E-state index is -0.376. The fraction of sp³-hybridized carbons (Fsp3) is 0.909. The predicted octanol–water partition coefficient (Wildman–Crippen LogP) is 1.85. The topological polar surface area (TPSA) is 52.3 Å². The van der Waals surface area contributed by atoms with Crippen LogP contribution < -0.4 is 5.73 Å². The second-order valence-electron chi connectivity index (χ2n) is 5.16. The minimum absolute atomic E-state index is 0.0259. The lowest BCUT2D eigenvalue weighted by Crippen LogP contribution is -2.35. The molecule has 0 radical (unpaired) electrons. The molecule has 1 aliphatic rings. The molecule has 1 aliphatic carbocycles. The smallest absolute Gasteiger partial charge is 0.309 e. The van der Waals surface area contributed by atoms with Crippen molar-refractivity contribution in [2.45, 2.75) is 58.1 Å². The number of esters is 1. The summed E-state index contributed by atoms with van der Waals surface area (Å²) in [6.45, 7) is 5.69. The Morgan fingerprint density at radius 2 is 2.00 bits per heavy atom. The second-order valence-corrected chi connectivity index (χ2v) is 5.16. The molecule has 2 atom stereocenters. The summed E-state index contributed by atoms with van der Waals surface area (Å²) in [6, 6.07) is 0.182. The molecule has 3 nitrogen and oxygen atoms in total. The van der Waals surface area contributed by atoms with Crippen molar-refractivity contribution in [2.75, 3.05) is 0 Å². The number of carbonyl (C=O) groups excluding carboxylic acids is 1. The molecule has 0 aromatic carbocycles. The Hall–Kier alpha value is -0.570. The lowest BCUT2D eigenvalue weighted by molar-refractivity contribution is -0.161. The van der Waals surface area contributed by atoms with Gasteiger partial charge in [-0.25, -0.2) is 0 Å². The first-order valence-electron chi connectivity index (χ1n) is 5.37. The van der Waals surface area contributed by atoms with Crippen molar-refractivity contribution in [1.29, 1.82) is 0 Å². The third-order valence-corrected chi connectivity index (χ3v) is 2.45. The van der Waals surface area contributed by atoms with Gasteiger partial charge in [0.1, 0.15) is 5.60 Å². The van der Waals surface area contributed by atoms with Gasteiger partial charge in [0.25, 0.3) is 0 Å². The molecule has 1 saturated carbocycles. The van der Waals surface area contributed by atoms with E-state index in [4.69, 9.17) is 10.5 Å². The molecule has 0 heterocycles. The van der Waals surface area contributed by atoms with E-state index in [1.54, 1.807) is 0 Å². The molecule has 0 unspecified atom stereocenters. The maximum atomic E-state index is 11.7. The highest BCUT2D eigenvalue weighted by Gasteiger charge is 2.29. The molecule has 0 bridgehead atoms. The number of hydrogen-bond acceptors (Lipinski definition) is 3. The number of hydrogen-bond donors (Lipinski definition) is 1. The monoisotopic (exact) mass is 199 g/mol. The molecular weight excluding hydrogens is 178 g/mol. The SMILES string of the molecule is CC(C)(C)OC(=O)[C@@H]1CCC[C@@H](N)C1. The molecule has 3 heteroatoms. The van der Waals surface area contributed by atoms with Crippen LogP contribution >= 0.6 is 0 Å². The van der Waals surface area contributed by atoms with Gasteiger partial charge in [-0.2, -0.15) is 0 Å². The van der Waals surface area contributed by atoms with E-state index in [2.05, 4.69) is 0 Å². The van der Waals surface area contributed by atoms with Gasteiger partial charge in [-0.15, -0.1) is 0 Å². The van der Waals surface area contributed by atoms with Crippen molar-refractivity contribution >= 4 is 5.97 Å². The zero-order valence-electron chi connectivity index (χ0n) is 9.38. The van der Waals surface area contributed by atoms with Crippen LogP contribution in [0.2, 0.25) is 0 Å². The fourth-order valence-corrected chi connectivity index (χ4v) is 1.83. The third kappa shape index (κ3) is 3.66. The molecule has 0 spiro atoms. The normalized spacial score (nSPS) is 28.6. The van der Waals surface area contributed by atoms with E-state index in [1.807, 2.05) is 20.8 Å². The Kier molecular flexibility index (Phi) is 3.53. The van der Waals surface area contributed by atoms with Crippen molar-refractivity contribution in [3.63, 3.8) is 0 Å². The van der Waals surface area contributed by atoms with Crippen LogP contribution in [-0.4, -0.2) is 17.6 Å². The highest BCUT2D eigenvalue weighted by atomic mass is 16.6. The lowest BCUT2D eigenvalue weighted by Gasteiger charge is -2.28. The summed E-state index contributed by atoms with van der Waals surface area (Å²) in [6.07, 6.45) is 3.81. The number of rotatable bonds is 1. The van der Waals surface area contributed by atoms with Crippen LogP contribution in [0.4, 0.5) is 0 Å². The van der Waals surface area contributed by atoms with Gasteiger partial charge in [-0.3, -0.25) is 4.79 Å². The maximum Gasteiger partial charge on any atom is 0.309 e. The van der Waals surface area contributed by atoms with E-state index in [9.17, 15) is 4.79 Å². The molecule has 0 aromatic heterocycles. The number of carbonyl (C=O) groups is 1. The number of nitrogens with two attached hydrogens (primary N) is 1. The third-order valence-electron chi connectivity index (χ3n) is 2.45. The van der Waals surface area contributed by atoms with Crippen LogP contribution in [0.15, 0.2) is 0 Å². The summed E-state index contributed by atoms with van der Waals surface area (Å²) >= 11 is 0. The van der Waals surface area contributed by atoms with E-state index in [-0.39, 0.29) is 23.5 Å². The first-order chi connectivity index (χ1) is 6.38. The Balaban J connectivity index is 2.44. The summed E-state index contributed by atoms with van der Waals surface area (Å²) < 4.78 is 5.33. The Labute approximate surface area is 86.0 Å². The predicted molar refractivity (Wildman–Crippen MR) is 55.8 cm³/mol. The zero-order valence-corrected chi connectivity index (χ0v) is 9.38. The van der Waals surface area contributed by atoms with Crippen LogP contribution in [-0.2, 0) is 9.53 Å². The standard InChI is InChI=1S/C11H21NO2/c1-11(2,3)14-10(13)8-5-4-6-9(12)7-8/h8-9H,4-7,12H2,1-3H3/t8-,9-/m1/s1. The molecule has 82 valence electrons. The Bertz CT molecular complexity index is 208. The first kappa shape index (κ1) is 11.5. The van der Waals surface area contributed by atoms with Crippen molar-refractivity contribution < 1.29 is 9.53 Å². The quantitative estimate of drug-likeness (QED) is 0.656. The fourth-order valence-electron chi connectivity index (χ4n) is 1.83. The van der Waals surface area contributed by atoms with Crippen molar-refractivity contribution in [3.05, 3.63) is 0 Å². The maximum absolute atomic E-state index is 11.7. The molecule has 0 aromatic rings. The van der Waals surface area contributed by atoms with E-state index in [0.29, 0.717) is 0 Å². The molecular formula is C11H21NO2. The van der Waals surface area contributed by atoms with Crippen LogP contribution in [0.25, 0.3) is 0 Å². The first-order valence-corrected chi connectivity index (χ1v) is 5.37. The van der Waals surface area contributed by atoms with Gasteiger partial charge in [0.15, 0.2) is 0 Å². The van der Waals surface area contributed by atoms with Gasteiger partial charge in [0, 0.05) is 6.04 Å². The number of ether oxygens (including phenoxy) is 1. The summed E-state index contributed by atoms with van der Waals surface area (Å²) in [5, 5.41) is 0. The van der Waals surface area contributed by atoms with E-state index in [1.165, 1.54) is 0 Å². The molecule has 2 N–H and O–H groups in total. The summed E-state index contributed by atoms with van der Waals surface area (Å²) in [5.74, 6) is -0.0503. The van der Waals surface area contributed by atoms with E-state index >= 15 is 0 Å². The van der Waals surface area contributed by atoms with Gasteiger partial charge < -0.3 is 10.5 Å². The van der Waals surface area contributed by atoms with Crippen LogP contribution in [0.5, 0.6) is 0 Å². The van der Waals surface area contributed by atoms with Crippen molar-refractivity contribution in [3.8, 4) is 0 Å². The molecule has 0 saturated heterocycles. The van der Waals surface area contributed by atoms with Gasteiger partial charge in [-0.05, 0) is 40.0 Å².